The summed E-state index contributed by atoms with van der Waals surface area (Å²) >= 11 is 0. The van der Waals surface area contributed by atoms with Crippen LogP contribution in [0.15, 0.2) is 0 Å². The van der Waals surface area contributed by atoms with Crippen molar-refractivity contribution in [3.05, 3.63) is 0 Å². The van der Waals surface area contributed by atoms with Crippen LogP contribution in [0.1, 0.15) is 85.0 Å². The minimum absolute atomic E-state index is 0.725. The normalized spacial score (nSPS) is 15.2. The maximum Gasteiger partial charge on any atom is 0.108 e. The molecule has 0 aromatic heterocycles. The third-order valence-electron chi connectivity index (χ3n) is 3.07. The largest absolute Gasteiger partial charge is 0.244 e. The zero-order chi connectivity index (χ0) is 11.6. The van der Waals surface area contributed by atoms with E-state index in [2.05, 4.69) is 13.8 Å². The first kappa shape index (κ1) is 14.9. The fraction of sp³-hybridized carbons (Fsp3) is 1.00. The highest BCUT2D eigenvalue weighted by molar-refractivity contribution is 4.72. The van der Waals surface area contributed by atoms with Crippen molar-refractivity contribution < 1.29 is 4.39 Å². The molecule has 1 atom stereocenters. The number of alkyl halides is 1. The number of hydrogen-bond donors (Lipinski definition) is 0. The van der Waals surface area contributed by atoms with Gasteiger partial charge in [0.2, 0.25) is 0 Å². The van der Waals surface area contributed by atoms with E-state index < -0.39 is 5.67 Å². The predicted molar refractivity (Wildman–Crippen MR) is 67.0 cm³/mol. The van der Waals surface area contributed by atoms with Gasteiger partial charge in [0.1, 0.15) is 5.67 Å². The van der Waals surface area contributed by atoms with Crippen LogP contribution in [0.2, 0.25) is 0 Å². The first-order chi connectivity index (χ1) is 7.12. The first-order valence-corrected chi connectivity index (χ1v) is 6.81. The molecule has 0 saturated heterocycles. The second-order valence-corrected chi connectivity index (χ2v) is 5.03. The van der Waals surface area contributed by atoms with Gasteiger partial charge in [-0.25, -0.2) is 4.39 Å². The highest BCUT2D eigenvalue weighted by Gasteiger charge is 2.20. The predicted octanol–water partition coefficient (Wildman–Crippen LogP) is 5.66. The van der Waals surface area contributed by atoms with Crippen LogP contribution in [-0.2, 0) is 0 Å². The second-order valence-electron chi connectivity index (χ2n) is 5.03. The molecule has 0 aliphatic rings. The molecular formula is C14H29F. The molecule has 0 bridgehead atoms. The summed E-state index contributed by atoms with van der Waals surface area (Å²) in [5.41, 5.74) is -0.905. The Labute approximate surface area is 95.6 Å². The molecule has 0 fully saturated rings. The summed E-state index contributed by atoms with van der Waals surface area (Å²) in [5, 5.41) is 0. The Kier molecular flexibility index (Phi) is 9.13. The Hall–Kier alpha value is -0.0700. The third-order valence-corrected chi connectivity index (χ3v) is 3.07. The van der Waals surface area contributed by atoms with Crippen LogP contribution < -0.4 is 0 Å². The van der Waals surface area contributed by atoms with E-state index in [1.807, 2.05) is 0 Å². The molecule has 92 valence electrons. The Morgan fingerprint density at radius 2 is 1.27 bits per heavy atom. The number of rotatable bonds is 10. The van der Waals surface area contributed by atoms with E-state index in [4.69, 9.17) is 0 Å². The highest BCUT2D eigenvalue weighted by Crippen LogP contribution is 2.24. The van der Waals surface area contributed by atoms with E-state index in [1.54, 1.807) is 6.92 Å². The molecule has 0 nitrogen and oxygen atoms in total. The lowest BCUT2D eigenvalue weighted by atomic mass is 9.95. The summed E-state index contributed by atoms with van der Waals surface area (Å²) in [6, 6.07) is 0. The lowest BCUT2D eigenvalue weighted by molar-refractivity contribution is 0.155. The minimum Gasteiger partial charge on any atom is -0.244 e. The zero-order valence-corrected chi connectivity index (χ0v) is 10.9. The lowest BCUT2D eigenvalue weighted by Gasteiger charge is -2.19. The van der Waals surface area contributed by atoms with Gasteiger partial charge in [0.15, 0.2) is 0 Å². The third kappa shape index (κ3) is 10.2. The molecule has 0 rings (SSSR count). The van der Waals surface area contributed by atoms with Crippen LogP contribution in [-0.4, -0.2) is 5.67 Å². The highest BCUT2D eigenvalue weighted by atomic mass is 19.1. The summed E-state index contributed by atoms with van der Waals surface area (Å²) in [5.74, 6) is 0. The quantitative estimate of drug-likeness (QED) is 0.414. The Morgan fingerprint density at radius 1 is 0.733 bits per heavy atom. The minimum atomic E-state index is -0.905. The summed E-state index contributed by atoms with van der Waals surface area (Å²) in [6.07, 6.45) is 11.4. The maximum absolute atomic E-state index is 13.7. The van der Waals surface area contributed by atoms with Gasteiger partial charge < -0.3 is 0 Å². The van der Waals surface area contributed by atoms with Crippen LogP contribution >= 0.6 is 0 Å². The summed E-state index contributed by atoms with van der Waals surface area (Å²) in [4.78, 5) is 0. The van der Waals surface area contributed by atoms with Crippen molar-refractivity contribution in [2.45, 2.75) is 90.6 Å². The fourth-order valence-corrected chi connectivity index (χ4v) is 2.10. The van der Waals surface area contributed by atoms with E-state index in [0.29, 0.717) is 0 Å². The molecule has 0 spiro atoms. The van der Waals surface area contributed by atoms with Gasteiger partial charge in [-0.2, -0.15) is 0 Å². The topological polar surface area (TPSA) is 0 Å². The number of halogens is 1. The van der Waals surface area contributed by atoms with Crippen molar-refractivity contribution >= 4 is 0 Å². The maximum atomic E-state index is 13.7. The summed E-state index contributed by atoms with van der Waals surface area (Å²) < 4.78 is 13.7. The fourth-order valence-electron chi connectivity index (χ4n) is 2.10. The van der Waals surface area contributed by atoms with Gasteiger partial charge in [0.25, 0.3) is 0 Å². The molecule has 0 saturated carbocycles. The van der Waals surface area contributed by atoms with E-state index in [9.17, 15) is 4.39 Å². The molecular weight excluding hydrogens is 187 g/mol. The molecule has 15 heavy (non-hydrogen) atoms. The van der Waals surface area contributed by atoms with Crippen molar-refractivity contribution in [1.82, 2.24) is 0 Å². The molecule has 0 N–H and O–H groups in total. The van der Waals surface area contributed by atoms with Crippen LogP contribution in [0.25, 0.3) is 0 Å². The van der Waals surface area contributed by atoms with Gasteiger partial charge in [-0.05, 0) is 19.8 Å². The van der Waals surface area contributed by atoms with Crippen molar-refractivity contribution in [2.75, 3.05) is 0 Å². The van der Waals surface area contributed by atoms with E-state index in [-0.39, 0.29) is 0 Å². The molecule has 1 heteroatoms. The smallest absolute Gasteiger partial charge is 0.108 e. The van der Waals surface area contributed by atoms with Gasteiger partial charge in [-0.15, -0.1) is 0 Å². The molecule has 0 amide bonds. The van der Waals surface area contributed by atoms with Crippen molar-refractivity contribution in [1.29, 1.82) is 0 Å². The summed E-state index contributed by atoms with van der Waals surface area (Å²) in [7, 11) is 0. The van der Waals surface area contributed by atoms with Gasteiger partial charge in [0, 0.05) is 0 Å². The van der Waals surface area contributed by atoms with Crippen LogP contribution in [0.4, 0.5) is 4.39 Å². The monoisotopic (exact) mass is 216 g/mol. The average molecular weight is 216 g/mol. The SMILES string of the molecule is CCCCCCCCCC(C)(F)CCC. The standard InChI is InChI=1S/C14H29F/c1-4-6-7-8-9-10-11-13-14(3,15)12-5-2/h4-13H2,1-3H3. The molecule has 1 unspecified atom stereocenters. The molecule has 0 aromatic rings. The second kappa shape index (κ2) is 9.18. The number of hydrogen-bond acceptors (Lipinski definition) is 0. The molecule has 0 aliphatic heterocycles. The molecule has 0 radical (unpaired) electrons. The van der Waals surface area contributed by atoms with Crippen molar-refractivity contribution in [3.63, 3.8) is 0 Å². The van der Waals surface area contributed by atoms with Crippen molar-refractivity contribution in [3.8, 4) is 0 Å². The van der Waals surface area contributed by atoms with Gasteiger partial charge in [-0.3, -0.25) is 0 Å². The molecule has 0 heterocycles. The van der Waals surface area contributed by atoms with E-state index in [0.717, 1.165) is 25.7 Å². The van der Waals surface area contributed by atoms with Crippen LogP contribution in [0.5, 0.6) is 0 Å². The van der Waals surface area contributed by atoms with E-state index >= 15 is 0 Å². The zero-order valence-electron chi connectivity index (χ0n) is 10.9. The first-order valence-electron chi connectivity index (χ1n) is 6.81. The average Bonchev–Trinajstić information content (AvgIpc) is 2.16. The van der Waals surface area contributed by atoms with Gasteiger partial charge in [0.05, 0.1) is 0 Å². The Morgan fingerprint density at radius 3 is 1.80 bits per heavy atom. The lowest BCUT2D eigenvalue weighted by Crippen LogP contribution is -2.16. The molecule has 0 aromatic carbocycles. The van der Waals surface area contributed by atoms with Crippen LogP contribution in [0.3, 0.4) is 0 Å². The van der Waals surface area contributed by atoms with Gasteiger partial charge >= 0.3 is 0 Å². The van der Waals surface area contributed by atoms with Crippen LogP contribution in [0, 0.1) is 0 Å². The Balaban J connectivity index is 3.22. The molecule has 0 aliphatic carbocycles. The van der Waals surface area contributed by atoms with E-state index in [1.165, 1.54) is 38.5 Å². The summed E-state index contributed by atoms with van der Waals surface area (Å²) in [6.45, 7) is 6.05. The van der Waals surface area contributed by atoms with Crippen molar-refractivity contribution in [2.24, 2.45) is 0 Å². The number of unbranched alkanes of at least 4 members (excludes halogenated alkanes) is 6. The van der Waals surface area contributed by atoms with Gasteiger partial charge in [-0.1, -0.05) is 65.2 Å². The Bertz CT molecular complexity index is 129.